The lowest BCUT2D eigenvalue weighted by Gasteiger charge is -2.15. The fourth-order valence-electron chi connectivity index (χ4n) is 7.80. The van der Waals surface area contributed by atoms with Crippen LogP contribution in [0.2, 0.25) is 0 Å². The predicted molar refractivity (Wildman–Crippen MR) is 205 cm³/mol. The molecule has 0 bridgehead atoms. The summed E-state index contributed by atoms with van der Waals surface area (Å²) in [5.41, 5.74) is 5.99. The summed E-state index contributed by atoms with van der Waals surface area (Å²) >= 11 is 1.90. The average Bonchev–Trinajstić information content (AvgIpc) is 3.71. The van der Waals surface area contributed by atoms with E-state index in [9.17, 15) is 0 Å². The van der Waals surface area contributed by atoms with Crippen LogP contribution in [0.5, 0.6) is 0 Å². The fraction of sp³-hybridized carbons (Fsp3) is 0. The van der Waals surface area contributed by atoms with E-state index in [1.165, 1.54) is 68.8 Å². The van der Waals surface area contributed by atoms with Crippen LogP contribution in [0.1, 0.15) is 0 Å². The quantitative estimate of drug-likeness (QED) is 0.191. The van der Waals surface area contributed by atoms with Gasteiger partial charge in [-0.15, -0.1) is 11.3 Å². The SMILES string of the molecule is c1ccc2cc(-c3nc4ccccc4nc3-n3c4ccccc4c4c5ccccc5c5c6ccc7ccccc7c6sc5c43)ccc2c1. The normalized spacial score (nSPS) is 12.2. The van der Waals surface area contributed by atoms with Crippen molar-refractivity contribution < 1.29 is 0 Å². The number of hydrogen-bond donors (Lipinski definition) is 0. The molecule has 0 saturated carbocycles. The molecule has 0 fully saturated rings. The van der Waals surface area contributed by atoms with E-state index in [1.54, 1.807) is 0 Å². The summed E-state index contributed by atoms with van der Waals surface area (Å²) < 4.78 is 4.99. The van der Waals surface area contributed by atoms with E-state index in [-0.39, 0.29) is 0 Å². The maximum absolute atomic E-state index is 5.47. The number of fused-ring (bicyclic) bond motifs is 14. The Kier molecular flexibility index (Phi) is 5.26. The number of thiophene rings is 1. The van der Waals surface area contributed by atoms with Crippen molar-refractivity contribution in [2.75, 3.05) is 0 Å². The summed E-state index contributed by atoms with van der Waals surface area (Å²) in [5.74, 6) is 0.842. The van der Waals surface area contributed by atoms with Crippen LogP contribution in [-0.2, 0) is 0 Å². The number of aromatic nitrogens is 3. The summed E-state index contributed by atoms with van der Waals surface area (Å²) in [6, 6.07) is 54.4. The van der Waals surface area contributed by atoms with E-state index in [0.29, 0.717) is 0 Å². The molecule has 48 heavy (non-hydrogen) atoms. The zero-order valence-corrected chi connectivity index (χ0v) is 26.5. The Labute approximate surface area is 278 Å². The van der Waals surface area contributed by atoms with Crippen LogP contribution in [0.4, 0.5) is 0 Å². The Bertz CT molecular complexity index is 3130. The van der Waals surface area contributed by atoms with E-state index in [0.717, 1.165) is 33.6 Å². The number of nitrogens with zero attached hydrogens (tertiary/aromatic N) is 3. The molecule has 0 aliphatic heterocycles. The molecular formula is C44H25N3S. The maximum Gasteiger partial charge on any atom is 0.165 e. The van der Waals surface area contributed by atoms with Crippen LogP contribution in [0.25, 0.3) is 102 Å². The maximum atomic E-state index is 5.47. The van der Waals surface area contributed by atoms with Gasteiger partial charge < -0.3 is 0 Å². The molecule has 11 aromatic rings. The highest BCUT2D eigenvalue weighted by molar-refractivity contribution is 7.27. The Morgan fingerprint density at radius 3 is 1.90 bits per heavy atom. The molecule has 0 saturated heterocycles. The van der Waals surface area contributed by atoms with E-state index in [1.807, 2.05) is 23.5 Å². The molecule has 0 atom stereocenters. The minimum atomic E-state index is 0.842. The minimum absolute atomic E-state index is 0.842. The van der Waals surface area contributed by atoms with Crippen LogP contribution in [0.15, 0.2) is 152 Å². The molecule has 3 nitrogen and oxygen atoms in total. The first kappa shape index (κ1) is 26.0. The second-order valence-corrected chi connectivity index (χ2v) is 13.6. The lowest BCUT2D eigenvalue weighted by atomic mass is 9.98. The van der Waals surface area contributed by atoms with Gasteiger partial charge in [-0.25, -0.2) is 9.97 Å². The van der Waals surface area contributed by atoms with Gasteiger partial charge in [-0.05, 0) is 56.6 Å². The van der Waals surface area contributed by atoms with Crippen molar-refractivity contribution in [3.05, 3.63) is 152 Å². The molecule has 0 N–H and O–H groups in total. The lowest BCUT2D eigenvalue weighted by Crippen LogP contribution is -2.04. The third kappa shape index (κ3) is 3.52. The van der Waals surface area contributed by atoms with Crippen LogP contribution >= 0.6 is 11.3 Å². The molecule has 0 unspecified atom stereocenters. The van der Waals surface area contributed by atoms with Gasteiger partial charge in [-0.2, -0.15) is 0 Å². The first-order valence-electron chi connectivity index (χ1n) is 16.3. The molecule has 8 aromatic carbocycles. The Balaban J connectivity index is 1.38. The van der Waals surface area contributed by atoms with Gasteiger partial charge >= 0.3 is 0 Å². The molecule has 0 amide bonds. The Hall–Kier alpha value is -6.10. The van der Waals surface area contributed by atoms with Crippen LogP contribution in [-0.4, -0.2) is 14.5 Å². The monoisotopic (exact) mass is 627 g/mol. The van der Waals surface area contributed by atoms with Gasteiger partial charge in [-0.1, -0.05) is 127 Å². The molecule has 0 radical (unpaired) electrons. The second-order valence-electron chi connectivity index (χ2n) is 12.5. The van der Waals surface area contributed by atoms with Crippen molar-refractivity contribution in [3.8, 4) is 17.1 Å². The van der Waals surface area contributed by atoms with Crippen molar-refractivity contribution in [1.29, 1.82) is 0 Å². The molecule has 0 spiro atoms. The Morgan fingerprint density at radius 2 is 1.06 bits per heavy atom. The third-order valence-electron chi connectivity index (χ3n) is 9.92. The predicted octanol–water partition coefficient (Wildman–Crippen LogP) is 12.2. The van der Waals surface area contributed by atoms with Crippen molar-refractivity contribution in [2.24, 2.45) is 0 Å². The van der Waals surface area contributed by atoms with Gasteiger partial charge in [0.1, 0.15) is 5.69 Å². The topological polar surface area (TPSA) is 30.7 Å². The largest absolute Gasteiger partial charge is 0.290 e. The number of para-hydroxylation sites is 3. The summed E-state index contributed by atoms with van der Waals surface area (Å²) in [4.78, 5) is 10.8. The van der Waals surface area contributed by atoms with Crippen LogP contribution in [0, 0.1) is 0 Å². The summed E-state index contributed by atoms with van der Waals surface area (Å²) in [6.07, 6.45) is 0. The van der Waals surface area contributed by atoms with Gasteiger partial charge in [-0.3, -0.25) is 4.57 Å². The highest BCUT2D eigenvalue weighted by atomic mass is 32.1. The summed E-state index contributed by atoms with van der Waals surface area (Å²) in [6.45, 7) is 0. The highest BCUT2D eigenvalue weighted by Crippen LogP contribution is 2.49. The second kappa shape index (κ2) is 9.71. The molecule has 11 rings (SSSR count). The molecule has 3 aromatic heterocycles. The van der Waals surface area contributed by atoms with Crippen molar-refractivity contribution >= 4 is 96.7 Å². The molecular weight excluding hydrogens is 603 g/mol. The molecule has 3 heterocycles. The van der Waals surface area contributed by atoms with Crippen LogP contribution in [0.3, 0.4) is 0 Å². The average molecular weight is 628 g/mol. The smallest absolute Gasteiger partial charge is 0.165 e. The van der Waals surface area contributed by atoms with Gasteiger partial charge in [0.15, 0.2) is 5.82 Å². The zero-order chi connectivity index (χ0) is 31.3. The molecule has 222 valence electrons. The van der Waals surface area contributed by atoms with Gasteiger partial charge in [0, 0.05) is 31.8 Å². The highest BCUT2D eigenvalue weighted by Gasteiger charge is 2.25. The van der Waals surface area contributed by atoms with Crippen molar-refractivity contribution in [2.45, 2.75) is 0 Å². The van der Waals surface area contributed by atoms with E-state index >= 15 is 0 Å². The lowest BCUT2D eigenvalue weighted by molar-refractivity contribution is 1.08. The number of benzene rings is 8. The van der Waals surface area contributed by atoms with Crippen molar-refractivity contribution in [3.63, 3.8) is 0 Å². The minimum Gasteiger partial charge on any atom is -0.290 e. The number of hydrogen-bond acceptors (Lipinski definition) is 3. The van der Waals surface area contributed by atoms with E-state index < -0.39 is 0 Å². The summed E-state index contributed by atoms with van der Waals surface area (Å²) in [5, 5.41) is 12.5. The molecule has 4 heteroatoms. The van der Waals surface area contributed by atoms with Gasteiger partial charge in [0.25, 0.3) is 0 Å². The Morgan fingerprint density at radius 1 is 0.438 bits per heavy atom. The standard InChI is InChI=1S/C44H25N3S/c1-2-13-28-25-29(22-21-26(28)11-1)40-44(46-36-19-9-8-18-35(36)45-40)47-37-20-10-7-17-33(37)38-31-15-5-6-16-32(31)39-34-24-23-27-12-3-4-14-30(27)42(34)48-43(39)41(38)47/h1-25H. The molecule has 0 aliphatic carbocycles. The van der Waals surface area contributed by atoms with Gasteiger partial charge in [0.05, 0.1) is 26.8 Å². The molecule has 0 aliphatic rings. The first-order valence-corrected chi connectivity index (χ1v) is 17.1. The first-order chi connectivity index (χ1) is 23.8. The number of rotatable bonds is 2. The van der Waals surface area contributed by atoms with Crippen LogP contribution < -0.4 is 0 Å². The van der Waals surface area contributed by atoms with E-state index in [4.69, 9.17) is 9.97 Å². The summed E-state index contributed by atoms with van der Waals surface area (Å²) in [7, 11) is 0. The zero-order valence-electron chi connectivity index (χ0n) is 25.7. The van der Waals surface area contributed by atoms with Crippen molar-refractivity contribution in [1.82, 2.24) is 14.5 Å². The van der Waals surface area contributed by atoms with Gasteiger partial charge in [0.2, 0.25) is 0 Å². The van der Waals surface area contributed by atoms with E-state index in [2.05, 4.69) is 144 Å². The third-order valence-corrected chi connectivity index (χ3v) is 11.2. The fourth-order valence-corrected chi connectivity index (χ4v) is 9.20.